The molecule has 1 amide bonds. The van der Waals surface area contributed by atoms with Crippen molar-refractivity contribution in [2.45, 2.75) is 57.9 Å². The molecule has 0 saturated carbocycles. The third-order valence-corrected chi connectivity index (χ3v) is 4.52. The zero-order chi connectivity index (χ0) is 22.8. The van der Waals surface area contributed by atoms with Crippen molar-refractivity contribution in [3.63, 3.8) is 0 Å². The molecule has 0 aliphatic carbocycles. The van der Waals surface area contributed by atoms with Gasteiger partial charge in [-0.25, -0.2) is 4.79 Å². The Morgan fingerprint density at radius 1 is 0.933 bits per heavy atom. The molecule has 0 bridgehead atoms. The number of carbonyl (C=O) groups excluding carboxylic acids is 3. The van der Waals surface area contributed by atoms with Gasteiger partial charge in [0.05, 0.1) is 19.8 Å². The number of unbranched alkanes of at least 4 members (excludes halogenated alkanes) is 2. The molecule has 0 heterocycles. The molecule has 0 radical (unpaired) electrons. The highest BCUT2D eigenvalue weighted by Crippen LogP contribution is 2.11. The Kier molecular flexibility index (Phi) is 15.7. The van der Waals surface area contributed by atoms with Crippen molar-refractivity contribution in [2.24, 2.45) is 0 Å². The second-order valence-electron chi connectivity index (χ2n) is 6.00. The van der Waals surface area contributed by atoms with Crippen molar-refractivity contribution in [3.8, 4) is 0 Å². The van der Waals surface area contributed by atoms with E-state index in [9.17, 15) is 34.6 Å². The van der Waals surface area contributed by atoms with Crippen LogP contribution in [0.2, 0.25) is 0 Å². The number of carbonyl (C=O) groups is 3. The minimum atomic E-state index is -1.07. The number of rotatable bonds is 18. The van der Waals surface area contributed by atoms with Crippen LogP contribution in [0.4, 0.5) is 0 Å². The van der Waals surface area contributed by atoms with Gasteiger partial charge in [-0.1, -0.05) is 31.5 Å². The van der Waals surface area contributed by atoms with Crippen LogP contribution in [0.3, 0.4) is 0 Å². The van der Waals surface area contributed by atoms with Crippen molar-refractivity contribution < 1.29 is 39.0 Å². The quantitative estimate of drug-likeness (QED) is 0.137. The Morgan fingerprint density at radius 2 is 1.53 bits per heavy atom. The first-order chi connectivity index (χ1) is 14.3. The topological polar surface area (TPSA) is 177 Å². The fourth-order valence-corrected chi connectivity index (χ4v) is 2.90. The fourth-order valence-electron chi connectivity index (χ4n) is 2.04. The van der Waals surface area contributed by atoms with Gasteiger partial charge in [-0.3, -0.25) is 9.59 Å². The van der Waals surface area contributed by atoms with E-state index >= 15 is 0 Å². The van der Waals surface area contributed by atoms with E-state index in [2.05, 4.69) is 15.0 Å². The lowest BCUT2D eigenvalue weighted by Gasteiger charge is -2.17. The lowest BCUT2D eigenvalue weighted by atomic mass is 10.2. The summed E-state index contributed by atoms with van der Waals surface area (Å²) in [5, 5.41) is 20.4. The van der Waals surface area contributed by atoms with Gasteiger partial charge in [0.1, 0.15) is 6.04 Å². The van der Waals surface area contributed by atoms with E-state index in [0.29, 0.717) is 6.42 Å². The van der Waals surface area contributed by atoms with Crippen LogP contribution in [0.5, 0.6) is 0 Å². The van der Waals surface area contributed by atoms with E-state index in [4.69, 9.17) is 4.74 Å². The molecule has 0 fully saturated rings. The minimum absolute atomic E-state index is 0.00293. The molecule has 30 heavy (non-hydrogen) atoms. The molecule has 172 valence electrons. The summed E-state index contributed by atoms with van der Waals surface area (Å²) in [7, 11) is 0. The average molecular weight is 453 g/mol. The first-order valence-electron chi connectivity index (χ1n) is 9.42. The maximum Gasteiger partial charge on any atom is 0.329 e. The molecule has 14 heteroatoms. The first-order valence-corrected chi connectivity index (χ1v) is 10.4. The summed E-state index contributed by atoms with van der Waals surface area (Å²) in [6, 6.07) is -1.07. The van der Waals surface area contributed by atoms with E-state index in [1.165, 1.54) is 0 Å². The summed E-state index contributed by atoms with van der Waals surface area (Å²) >= 11 is 0.796. The molecule has 0 rings (SSSR count). The van der Waals surface area contributed by atoms with Crippen LogP contribution < -0.4 is 5.32 Å². The van der Waals surface area contributed by atoms with E-state index in [-0.39, 0.29) is 56.4 Å². The molecular formula is C16H27N3O10S. The molecule has 0 saturated heterocycles. The van der Waals surface area contributed by atoms with Gasteiger partial charge in [0.15, 0.2) is 5.12 Å². The van der Waals surface area contributed by atoms with E-state index < -0.39 is 28.1 Å². The van der Waals surface area contributed by atoms with Gasteiger partial charge in [0.2, 0.25) is 5.91 Å². The number of esters is 1. The smallest absolute Gasteiger partial charge is 0.329 e. The number of ether oxygens (including phenoxy) is 1. The number of hydrogen-bond donors (Lipinski definition) is 1. The first kappa shape index (κ1) is 27.4. The van der Waals surface area contributed by atoms with Crippen molar-refractivity contribution >= 4 is 28.8 Å². The monoisotopic (exact) mass is 453 g/mol. The second-order valence-corrected chi connectivity index (χ2v) is 7.08. The molecule has 0 aromatic carbocycles. The summed E-state index contributed by atoms with van der Waals surface area (Å²) in [4.78, 5) is 64.4. The summed E-state index contributed by atoms with van der Waals surface area (Å²) < 4.78 is 5.13. The van der Waals surface area contributed by atoms with Crippen molar-refractivity contribution in [3.05, 3.63) is 20.2 Å². The summed E-state index contributed by atoms with van der Waals surface area (Å²) in [6.07, 6.45) is 2.60. The molecule has 0 aromatic heterocycles. The predicted molar refractivity (Wildman–Crippen MR) is 104 cm³/mol. The van der Waals surface area contributed by atoms with Crippen LogP contribution >= 0.6 is 11.8 Å². The zero-order valence-corrected chi connectivity index (χ0v) is 17.6. The van der Waals surface area contributed by atoms with Crippen molar-refractivity contribution in [2.75, 3.05) is 25.6 Å². The summed E-state index contributed by atoms with van der Waals surface area (Å²) in [5.41, 5.74) is 0. The van der Waals surface area contributed by atoms with Crippen LogP contribution in [-0.4, -0.2) is 58.8 Å². The number of hydrogen-bond acceptors (Lipinski definition) is 11. The van der Waals surface area contributed by atoms with Gasteiger partial charge in [-0.15, -0.1) is 20.2 Å². The van der Waals surface area contributed by atoms with Crippen molar-refractivity contribution in [1.82, 2.24) is 5.32 Å². The van der Waals surface area contributed by atoms with Crippen LogP contribution in [-0.2, 0) is 28.8 Å². The SMILES string of the molecule is CCCCCOC(=O)C(CSC(=O)CCCO[N+](=O)[O-])NC(=O)CCCO[N+](=O)[O-]. The molecule has 0 aromatic rings. The van der Waals surface area contributed by atoms with E-state index in [1.54, 1.807) is 0 Å². The van der Waals surface area contributed by atoms with Gasteiger partial charge < -0.3 is 19.7 Å². The number of nitrogens with zero attached hydrogens (tertiary/aromatic N) is 2. The second kappa shape index (κ2) is 17.2. The fraction of sp³-hybridized carbons (Fsp3) is 0.812. The molecule has 1 N–H and O–H groups in total. The van der Waals surface area contributed by atoms with E-state index in [1.807, 2.05) is 6.92 Å². The molecule has 0 spiro atoms. The highest BCUT2D eigenvalue weighted by Gasteiger charge is 2.23. The third-order valence-electron chi connectivity index (χ3n) is 3.49. The summed E-state index contributed by atoms with van der Waals surface area (Å²) in [6.45, 7) is 1.70. The standard InChI is InChI=1S/C16H27N3O10S/c1-2-3-4-9-27-16(22)13(17-14(20)7-5-10-28-18(23)24)12-30-15(21)8-6-11-29-19(25)26/h13H,2-12H2,1H3,(H,17,20). The van der Waals surface area contributed by atoms with Gasteiger partial charge in [0, 0.05) is 18.6 Å². The Labute approximate surface area is 177 Å². The van der Waals surface area contributed by atoms with Crippen LogP contribution in [0, 0.1) is 20.2 Å². The van der Waals surface area contributed by atoms with Crippen LogP contribution in [0.1, 0.15) is 51.9 Å². The molecular weight excluding hydrogens is 426 g/mol. The Morgan fingerprint density at radius 3 is 2.10 bits per heavy atom. The third kappa shape index (κ3) is 16.3. The normalized spacial score (nSPS) is 11.2. The molecule has 0 aliphatic rings. The number of thioether (sulfide) groups is 1. The van der Waals surface area contributed by atoms with Crippen LogP contribution in [0.15, 0.2) is 0 Å². The molecule has 0 aliphatic heterocycles. The minimum Gasteiger partial charge on any atom is -0.464 e. The lowest BCUT2D eigenvalue weighted by molar-refractivity contribution is -0.757. The molecule has 13 nitrogen and oxygen atoms in total. The Bertz CT molecular complexity index is 575. The molecule has 1 atom stereocenters. The van der Waals surface area contributed by atoms with Gasteiger partial charge in [-0.2, -0.15) is 0 Å². The van der Waals surface area contributed by atoms with Crippen LogP contribution in [0.25, 0.3) is 0 Å². The molecule has 1 unspecified atom stereocenters. The Balaban J connectivity index is 4.49. The predicted octanol–water partition coefficient (Wildman–Crippen LogP) is 1.44. The average Bonchev–Trinajstić information content (AvgIpc) is 2.68. The lowest BCUT2D eigenvalue weighted by Crippen LogP contribution is -2.44. The highest BCUT2D eigenvalue weighted by atomic mass is 32.2. The van der Waals surface area contributed by atoms with Gasteiger partial charge in [0.25, 0.3) is 10.2 Å². The van der Waals surface area contributed by atoms with Gasteiger partial charge in [-0.05, 0) is 19.3 Å². The largest absolute Gasteiger partial charge is 0.464 e. The highest BCUT2D eigenvalue weighted by molar-refractivity contribution is 8.13. The van der Waals surface area contributed by atoms with E-state index in [0.717, 1.165) is 24.6 Å². The summed E-state index contributed by atoms with van der Waals surface area (Å²) in [5.74, 6) is -1.29. The van der Waals surface area contributed by atoms with Crippen molar-refractivity contribution in [1.29, 1.82) is 0 Å². The number of amides is 1. The Hall–Kier alpha value is -2.64. The maximum absolute atomic E-state index is 12.2. The maximum atomic E-state index is 12.2. The zero-order valence-electron chi connectivity index (χ0n) is 16.7. The van der Waals surface area contributed by atoms with Gasteiger partial charge >= 0.3 is 5.97 Å². The number of nitrogens with one attached hydrogen (secondary N) is 1.